The summed E-state index contributed by atoms with van der Waals surface area (Å²) in [5.41, 5.74) is 0.367. The summed E-state index contributed by atoms with van der Waals surface area (Å²) < 4.78 is 16.9. The number of cyclic esters (lactones) is 2. The molecule has 0 radical (unpaired) electrons. The molecule has 22 nitrogen and oxygen atoms in total. The summed E-state index contributed by atoms with van der Waals surface area (Å²) in [6.45, 7) is 15.7. The summed E-state index contributed by atoms with van der Waals surface area (Å²) in [5.74, 6) is -11.9. The maximum Gasteiger partial charge on any atom is 0.329 e. The Bertz CT molecular complexity index is 2410. The van der Waals surface area contributed by atoms with Gasteiger partial charge < -0.3 is 49.6 Å². The minimum Gasteiger partial charge on any atom is -0.497 e. The molecule has 0 spiro atoms. The number of amides is 7. The second kappa shape index (κ2) is 28.9. The van der Waals surface area contributed by atoms with Crippen LogP contribution in [0.1, 0.15) is 126 Å². The molecular formula is C56H83N7O15. The number of hydrogen-bond acceptors (Lipinski definition) is 15. The third kappa shape index (κ3) is 16.5. The SMILES string of the molecule is CC[C@H](C)[C@H]1NC(=O)[C@@H](NC(=O)[C@@H](CC(C)C)N(C)C(=O)C2CCCN2C(=O)C(C)=O)COC(=O)[C@H](Cc2ccc(OC)cc2)N(C)C(=O)[C@@H]2CCCN2C(=O)C(CC(C)C)=NC(=O)[C@@H](C)C(=O)[C@H](C(C)C)OC(=O)C[C@@H]1O. The lowest BCUT2D eigenvalue weighted by atomic mass is 9.91. The van der Waals surface area contributed by atoms with Crippen LogP contribution in [0, 0.1) is 29.6 Å². The molecule has 3 aliphatic rings. The Balaban J connectivity index is 1.87. The van der Waals surface area contributed by atoms with Crippen molar-refractivity contribution in [2.24, 2.45) is 34.6 Å². The number of fused-ring (bicyclic) bond motifs is 1. The van der Waals surface area contributed by atoms with E-state index < -0.39 is 144 Å². The first-order valence-electron chi connectivity index (χ1n) is 27.2. The number of Topliss-reactive ketones (excluding diaryl/α,β-unsaturated/α-hetero) is 2. The average molecular weight is 1090 g/mol. The molecule has 3 aliphatic heterocycles. The van der Waals surface area contributed by atoms with Gasteiger partial charge >= 0.3 is 11.9 Å². The average Bonchev–Trinajstić information content (AvgIpc) is 4.10. The number of benzene rings is 1. The molecule has 0 aromatic heterocycles. The number of methoxy groups -OCH3 is 1. The lowest BCUT2D eigenvalue weighted by Gasteiger charge is -2.35. The predicted molar refractivity (Wildman–Crippen MR) is 285 cm³/mol. The standard InChI is InChI=1S/C56H83N7O15/c1-14-33(8)46-44(65)28-45(66)78-48(32(6)7)47(67)34(9)49(68)57-38(25-30(2)3)53(72)63-24-16-18-41(63)55(74)61(12)43(27-36-19-21-37(76-13)22-20-36)56(75)77-29-39(50(69)59-46)58-51(70)42(26-31(4)5)60(11)54(73)40-17-15-23-62(40)52(71)35(10)64/h19-22,30-34,39-44,46,48,65H,14-18,23-29H2,1-13H3,(H,58,70)(H,59,69)/t33-,34-,39-,40?,41-,42+,43-,44-,46+,48-/m0/s1. The molecule has 4 rings (SSSR count). The Kier molecular flexibility index (Phi) is 23.7. The summed E-state index contributed by atoms with van der Waals surface area (Å²) in [7, 11) is 4.23. The van der Waals surface area contributed by atoms with Crippen LogP contribution in [0.5, 0.6) is 5.75 Å². The fraction of sp³-hybridized carbons (Fsp3) is 0.679. The van der Waals surface area contributed by atoms with E-state index in [4.69, 9.17) is 14.2 Å². The number of carbonyl (C=O) groups excluding carboxylic acids is 11. The Labute approximate surface area is 458 Å². The highest BCUT2D eigenvalue weighted by Crippen LogP contribution is 2.26. The fourth-order valence-corrected chi connectivity index (χ4v) is 9.95. The van der Waals surface area contributed by atoms with E-state index in [2.05, 4.69) is 15.6 Å². The normalized spacial score (nSPS) is 25.5. The highest BCUT2D eigenvalue weighted by atomic mass is 16.5. The predicted octanol–water partition coefficient (Wildman–Crippen LogP) is 2.62. The van der Waals surface area contributed by atoms with Crippen LogP contribution in [-0.4, -0.2) is 185 Å². The Morgan fingerprint density at radius 3 is 2.15 bits per heavy atom. The van der Waals surface area contributed by atoms with Crippen molar-refractivity contribution in [1.82, 2.24) is 30.2 Å². The number of likely N-dealkylation sites (N-methyl/N-ethyl adjacent to an activating group) is 2. The molecule has 0 bridgehead atoms. The van der Waals surface area contributed by atoms with Gasteiger partial charge in [-0.05, 0) is 86.8 Å². The van der Waals surface area contributed by atoms with Crippen LogP contribution in [0.3, 0.4) is 0 Å². The molecule has 10 atom stereocenters. The molecule has 2 fully saturated rings. The van der Waals surface area contributed by atoms with Crippen molar-refractivity contribution < 1.29 is 72.1 Å². The topological polar surface area (TPSA) is 285 Å². The van der Waals surface area contributed by atoms with Gasteiger partial charge in [-0.3, -0.25) is 47.9 Å². The molecule has 22 heteroatoms. The number of ether oxygens (including phenoxy) is 3. The summed E-state index contributed by atoms with van der Waals surface area (Å²) in [4.78, 5) is 163. The maximum atomic E-state index is 14.8. The zero-order chi connectivity index (χ0) is 58.5. The number of ketones is 2. The van der Waals surface area contributed by atoms with Crippen molar-refractivity contribution >= 4 is 70.6 Å². The van der Waals surface area contributed by atoms with E-state index in [9.17, 15) is 57.8 Å². The van der Waals surface area contributed by atoms with Gasteiger partial charge in [0, 0.05) is 40.5 Å². The molecule has 0 saturated carbocycles. The largest absolute Gasteiger partial charge is 0.497 e. The zero-order valence-corrected chi connectivity index (χ0v) is 47.7. The highest BCUT2D eigenvalue weighted by Gasteiger charge is 2.44. The second-order valence-corrected chi connectivity index (χ2v) is 22.1. The molecular weight excluding hydrogens is 1010 g/mol. The number of nitrogens with zero attached hydrogens (tertiary/aromatic N) is 5. The van der Waals surface area contributed by atoms with E-state index in [1.54, 1.807) is 65.8 Å². The first kappa shape index (κ1) is 63.9. The fourth-order valence-electron chi connectivity index (χ4n) is 9.95. The molecule has 2 saturated heterocycles. The van der Waals surface area contributed by atoms with Gasteiger partial charge in [0.15, 0.2) is 11.9 Å². The van der Waals surface area contributed by atoms with Crippen molar-refractivity contribution in [3.8, 4) is 5.75 Å². The number of esters is 2. The van der Waals surface area contributed by atoms with E-state index in [0.29, 0.717) is 30.6 Å². The molecule has 0 aliphatic carbocycles. The van der Waals surface area contributed by atoms with Gasteiger partial charge in [-0.15, -0.1) is 0 Å². The molecule has 3 N–H and O–H groups in total. The van der Waals surface area contributed by atoms with Crippen LogP contribution in [0.25, 0.3) is 0 Å². The molecule has 78 heavy (non-hydrogen) atoms. The summed E-state index contributed by atoms with van der Waals surface area (Å²) in [5, 5.41) is 17.2. The van der Waals surface area contributed by atoms with Crippen LogP contribution in [0.4, 0.5) is 0 Å². The first-order chi connectivity index (χ1) is 36.6. The Morgan fingerprint density at radius 1 is 0.936 bits per heavy atom. The number of likely N-dealkylation sites (tertiary alicyclic amines) is 1. The van der Waals surface area contributed by atoms with Crippen molar-refractivity contribution in [2.45, 2.75) is 175 Å². The van der Waals surface area contributed by atoms with Gasteiger partial charge in [-0.2, -0.15) is 0 Å². The number of carbonyl (C=O) groups is 11. The number of aliphatic hydroxyl groups excluding tert-OH is 1. The molecule has 1 unspecified atom stereocenters. The van der Waals surface area contributed by atoms with Gasteiger partial charge in [0.25, 0.3) is 17.7 Å². The van der Waals surface area contributed by atoms with E-state index in [-0.39, 0.29) is 62.7 Å². The number of rotatable bonds is 15. The maximum absolute atomic E-state index is 14.8. The van der Waals surface area contributed by atoms with Gasteiger partial charge in [-0.1, -0.05) is 73.9 Å². The quantitative estimate of drug-likeness (QED) is 0.129. The third-order valence-corrected chi connectivity index (χ3v) is 14.8. The molecule has 1 aromatic carbocycles. The van der Waals surface area contributed by atoms with Crippen LogP contribution >= 0.6 is 0 Å². The van der Waals surface area contributed by atoms with Gasteiger partial charge in [0.05, 0.1) is 31.6 Å². The summed E-state index contributed by atoms with van der Waals surface area (Å²) in [6, 6.07) is -1.17. The van der Waals surface area contributed by atoms with E-state index >= 15 is 0 Å². The van der Waals surface area contributed by atoms with E-state index in [0.717, 1.165) is 16.7 Å². The van der Waals surface area contributed by atoms with Crippen molar-refractivity contribution in [3.05, 3.63) is 29.8 Å². The zero-order valence-electron chi connectivity index (χ0n) is 47.7. The second-order valence-electron chi connectivity index (χ2n) is 22.1. The van der Waals surface area contributed by atoms with Crippen LogP contribution in [0.15, 0.2) is 29.3 Å². The van der Waals surface area contributed by atoms with Crippen molar-refractivity contribution in [2.75, 3.05) is 40.9 Å². The molecule has 7 amide bonds. The van der Waals surface area contributed by atoms with E-state index in [1.807, 2.05) is 13.8 Å². The number of aliphatic imine (C=N–C) groups is 1. The smallest absolute Gasteiger partial charge is 0.329 e. The lowest BCUT2D eigenvalue weighted by Crippen LogP contribution is -2.60. The van der Waals surface area contributed by atoms with Crippen LogP contribution in [0.2, 0.25) is 0 Å². The molecule has 432 valence electrons. The van der Waals surface area contributed by atoms with E-state index in [1.165, 1.54) is 37.9 Å². The van der Waals surface area contributed by atoms with Gasteiger partial charge in [-0.25, -0.2) is 9.79 Å². The number of aliphatic hydroxyl groups is 1. The van der Waals surface area contributed by atoms with Crippen LogP contribution in [-0.2, 0) is 68.6 Å². The summed E-state index contributed by atoms with van der Waals surface area (Å²) in [6.07, 6.45) is -2.43. The lowest BCUT2D eigenvalue weighted by molar-refractivity contribution is -0.162. The molecule has 1 aromatic rings. The van der Waals surface area contributed by atoms with Crippen molar-refractivity contribution in [3.63, 3.8) is 0 Å². The van der Waals surface area contributed by atoms with Crippen molar-refractivity contribution in [1.29, 1.82) is 0 Å². The Hall–Kier alpha value is -6.58. The number of nitrogens with one attached hydrogen (secondary N) is 2. The minimum absolute atomic E-state index is 0.000483. The van der Waals surface area contributed by atoms with Crippen LogP contribution < -0.4 is 15.4 Å². The highest BCUT2D eigenvalue weighted by molar-refractivity contribution is 6.41. The Morgan fingerprint density at radius 2 is 1.58 bits per heavy atom. The first-order valence-corrected chi connectivity index (χ1v) is 27.2. The van der Waals surface area contributed by atoms with Gasteiger partial charge in [0.1, 0.15) is 48.3 Å². The molecule has 3 heterocycles. The number of hydrogen-bond donors (Lipinski definition) is 3. The monoisotopic (exact) mass is 1090 g/mol. The van der Waals surface area contributed by atoms with Gasteiger partial charge in [0.2, 0.25) is 29.4 Å². The minimum atomic E-state index is -1.75. The summed E-state index contributed by atoms with van der Waals surface area (Å²) >= 11 is 0. The third-order valence-electron chi connectivity index (χ3n) is 14.8.